The zero-order valence-corrected chi connectivity index (χ0v) is 7.03. The van der Waals surface area contributed by atoms with E-state index in [2.05, 4.69) is 18.8 Å². The van der Waals surface area contributed by atoms with Crippen LogP contribution in [0.3, 0.4) is 0 Å². The largest absolute Gasteiger partial charge is 0.491 e. The van der Waals surface area contributed by atoms with Crippen molar-refractivity contribution in [2.45, 2.75) is 26.7 Å². The van der Waals surface area contributed by atoms with Crippen molar-refractivity contribution >= 4 is 0 Å². The normalized spacial score (nSPS) is 15.8. The molecule has 2 rings (SSSR count). The molecule has 0 bridgehead atoms. The van der Waals surface area contributed by atoms with Crippen LogP contribution in [0.2, 0.25) is 0 Å². The zero-order chi connectivity index (χ0) is 7.84. The Morgan fingerprint density at radius 2 is 2.09 bits per heavy atom. The molecule has 0 amide bonds. The maximum absolute atomic E-state index is 5.54. The minimum atomic E-state index is 0.880. The van der Waals surface area contributed by atoms with E-state index in [1.54, 1.807) is 0 Å². The third kappa shape index (κ3) is 0.934. The van der Waals surface area contributed by atoms with Gasteiger partial charge in [-0.05, 0) is 26.7 Å². The van der Waals surface area contributed by atoms with Crippen molar-refractivity contribution in [1.29, 1.82) is 0 Å². The monoisotopic (exact) mass is 151 g/mol. The molecular formula is C9H13NO. The number of hydrogen-bond donors (Lipinski definition) is 1. The summed E-state index contributed by atoms with van der Waals surface area (Å²) in [6, 6.07) is 0. The zero-order valence-electron chi connectivity index (χ0n) is 7.03. The standard InChI is InChI=1S/C9H13NO/c1-6-8-4-3-5-11-9(8)7(2)10-6/h10H,3-5H2,1-2H3. The molecule has 2 nitrogen and oxygen atoms in total. The first-order valence-corrected chi connectivity index (χ1v) is 4.10. The number of H-pyrrole nitrogens is 1. The lowest BCUT2D eigenvalue weighted by Gasteiger charge is -2.14. The number of rotatable bonds is 0. The summed E-state index contributed by atoms with van der Waals surface area (Å²) in [6.07, 6.45) is 2.33. The Bertz CT molecular complexity index is 249. The summed E-state index contributed by atoms with van der Waals surface area (Å²) in [4.78, 5) is 3.29. The van der Waals surface area contributed by atoms with E-state index in [9.17, 15) is 0 Å². The Hall–Kier alpha value is -0.920. The molecule has 0 aliphatic carbocycles. The number of fused-ring (bicyclic) bond motifs is 1. The summed E-state index contributed by atoms with van der Waals surface area (Å²) >= 11 is 0. The molecule has 0 fully saturated rings. The molecule has 0 saturated heterocycles. The number of ether oxygens (including phenoxy) is 1. The number of aromatic nitrogens is 1. The van der Waals surface area contributed by atoms with Crippen LogP contribution >= 0.6 is 0 Å². The van der Waals surface area contributed by atoms with Gasteiger partial charge in [-0.3, -0.25) is 0 Å². The van der Waals surface area contributed by atoms with Crippen LogP contribution < -0.4 is 4.74 Å². The first-order valence-electron chi connectivity index (χ1n) is 4.10. The Morgan fingerprint density at radius 3 is 2.82 bits per heavy atom. The Balaban J connectivity index is 2.52. The molecule has 1 N–H and O–H groups in total. The van der Waals surface area contributed by atoms with Gasteiger partial charge in [0, 0.05) is 11.3 Å². The van der Waals surface area contributed by atoms with Gasteiger partial charge < -0.3 is 9.72 Å². The minimum absolute atomic E-state index is 0.880. The van der Waals surface area contributed by atoms with Crippen LogP contribution in [0, 0.1) is 13.8 Å². The van der Waals surface area contributed by atoms with E-state index in [1.165, 1.54) is 23.4 Å². The van der Waals surface area contributed by atoms with Gasteiger partial charge in [0.05, 0.1) is 12.3 Å². The van der Waals surface area contributed by atoms with Crippen LogP contribution in [0.1, 0.15) is 23.4 Å². The third-order valence-corrected chi connectivity index (χ3v) is 2.26. The van der Waals surface area contributed by atoms with E-state index in [-0.39, 0.29) is 0 Å². The Kier molecular flexibility index (Phi) is 1.41. The summed E-state index contributed by atoms with van der Waals surface area (Å²) in [7, 11) is 0. The van der Waals surface area contributed by atoms with Gasteiger partial charge in [0.25, 0.3) is 0 Å². The minimum Gasteiger partial charge on any atom is -0.491 e. The van der Waals surface area contributed by atoms with Crippen LogP contribution in [0.15, 0.2) is 0 Å². The second-order valence-electron chi connectivity index (χ2n) is 3.13. The van der Waals surface area contributed by atoms with E-state index >= 15 is 0 Å². The first kappa shape index (κ1) is 6.77. The predicted molar refractivity (Wildman–Crippen MR) is 44.1 cm³/mol. The molecule has 0 saturated carbocycles. The van der Waals surface area contributed by atoms with Gasteiger partial charge in [-0.25, -0.2) is 0 Å². The van der Waals surface area contributed by atoms with Gasteiger partial charge >= 0.3 is 0 Å². The van der Waals surface area contributed by atoms with Gasteiger partial charge in [-0.2, -0.15) is 0 Å². The third-order valence-electron chi connectivity index (χ3n) is 2.26. The molecule has 2 heteroatoms. The molecule has 1 aliphatic heterocycles. The van der Waals surface area contributed by atoms with Crippen LogP contribution in [0.4, 0.5) is 0 Å². The average molecular weight is 151 g/mol. The summed E-state index contributed by atoms with van der Waals surface area (Å²) in [5, 5.41) is 0. The second-order valence-corrected chi connectivity index (χ2v) is 3.13. The highest BCUT2D eigenvalue weighted by Gasteiger charge is 2.16. The van der Waals surface area contributed by atoms with Crippen molar-refractivity contribution in [2.75, 3.05) is 6.61 Å². The molecule has 0 aromatic carbocycles. The van der Waals surface area contributed by atoms with Gasteiger partial charge in [0.15, 0.2) is 0 Å². The van der Waals surface area contributed by atoms with Crippen molar-refractivity contribution in [1.82, 2.24) is 4.98 Å². The van der Waals surface area contributed by atoms with Crippen LogP contribution in [0.25, 0.3) is 0 Å². The van der Waals surface area contributed by atoms with Crippen LogP contribution in [-0.4, -0.2) is 11.6 Å². The van der Waals surface area contributed by atoms with Crippen molar-refractivity contribution < 1.29 is 4.74 Å². The first-order chi connectivity index (χ1) is 5.29. The highest BCUT2D eigenvalue weighted by atomic mass is 16.5. The fourth-order valence-corrected chi connectivity index (χ4v) is 1.73. The van der Waals surface area contributed by atoms with Crippen molar-refractivity contribution in [3.8, 4) is 5.75 Å². The highest BCUT2D eigenvalue weighted by Crippen LogP contribution is 2.30. The molecule has 1 aromatic heterocycles. The van der Waals surface area contributed by atoms with Gasteiger partial charge in [0.2, 0.25) is 0 Å². The van der Waals surface area contributed by atoms with Crippen molar-refractivity contribution in [3.63, 3.8) is 0 Å². The number of hydrogen-bond acceptors (Lipinski definition) is 1. The fourth-order valence-electron chi connectivity index (χ4n) is 1.73. The van der Waals surface area contributed by atoms with Crippen LogP contribution in [-0.2, 0) is 6.42 Å². The predicted octanol–water partition coefficient (Wildman–Crippen LogP) is 1.96. The molecule has 11 heavy (non-hydrogen) atoms. The number of aryl methyl sites for hydroxylation is 2. The molecule has 60 valence electrons. The summed E-state index contributed by atoms with van der Waals surface area (Å²) in [5.41, 5.74) is 3.84. The van der Waals surface area contributed by atoms with E-state index in [4.69, 9.17) is 4.74 Å². The Morgan fingerprint density at radius 1 is 1.27 bits per heavy atom. The maximum Gasteiger partial charge on any atom is 0.143 e. The fraction of sp³-hybridized carbons (Fsp3) is 0.556. The summed E-state index contributed by atoms with van der Waals surface area (Å²) in [5.74, 6) is 1.11. The molecule has 2 heterocycles. The Labute approximate surface area is 66.6 Å². The van der Waals surface area contributed by atoms with Crippen LogP contribution in [0.5, 0.6) is 5.75 Å². The highest BCUT2D eigenvalue weighted by molar-refractivity contribution is 5.43. The SMILES string of the molecule is Cc1[nH]c(C)c2c1CCCO2. The molecule has 0 radical (unpaired) electrons. The molecule has 1 aromatic rings. The quantitative estimate of drug-likeness (QED) is 0.602. The molecule has 0 unspecified atom stereocenters. The summed E-state index contributed by atoms with van der Waals surface area (Å²) < 4.78 is 5.54. The topological polar surface area (TPSA) is 25.0 Å². The number of nitrogens with one attached hydrogen (secondary N) is 1. The number of aromatic amines is 1. The maximum atomic E-state index is 5.54. The smallest absolute Gasteiger partial charge is 0.143 e. The average Bonchev–Trinajstić information content (AvgIpc) is 2.30. The van der Waals surface area contributed by atoms with E-state index in [0.717, 1.165) is 18.8 Å². The van der Waals surface area contributed by atoms with Gasteiger partial charge in [-0.15, -0.1) is 0 Å². The van der Waals surface area contributed by atoms with E-state index in [0.29, 0.717) is 0 Å². The van der Waals surface area contributed by atoms with Crippen molar-refractivity contribution in [2.24, 2.45) is 0 Å². The molecule has 0 spiro atoms. The van der Waals surface area contributed by atoms with Gasteiger partial charge in [0.1, 0.15) is 5.75 Å². The lowest BCUT2D eigenvalue weighted by atomic mass is 10.1. The second kappa shape index (κ2) is 2.29. The molecular weight excluding hydrogens is 138 g/mol. The lowest BCUT2D eigenvalue weighted by Crippen LogP contribution is -2.07. The van der Waals surface area contributed by atoms with Crippen molar-refractivity contribution in [3.05, 3.63) is 17.0 Å². The van der Waals surface area contributed by atoms with Gasteiger partial charge in [-0.1, -0.05) is 0 Å². The van der Waals surface area contributed by atoms with E-state index < -0.39 is 0 Å². The molecule has 1 aliphatic rings. The lowest BCUT2D eigenvalue weighted by molar-refractivity contribution is 0.287. The summed E-state index contributed by atoms with van der Waals surface area (Å²) in [6.45, 7) is 5.06. The molecule has 0 atom stereocenters. The van der Waals surface area contributed by atoms with E-state index in [1.807, 2.05) is 0 Å².